The van der Waals surface area contributed by atoms with Crippen molar-refractivity contribution in [3.63, 3.8) is 0 Å². The largest absolute Gasteiger partial charge is 0.353 e. The zero-order valence-corrected chi connectivity index (χ0v) is 14.3. The number of benzene rings is 1. The Hall–Kier alpha value is -2.38. The van der Waals surface area contributed by atoms with Crippen LogP contribution in [0.15, 0.2) is 30.3 Å². The zero-order valence-electron chi connectivity index (χ0n) is 13.5. The number of piperazine rings is 1. The first-order chi connectivity index (χ1) is 12.1. The molecule has 130 valence electrons. The second-order valence-electron chi connectivity index (χ2n) is 6.30. The Labute approximate surface area is 149 Å². The summed E-state index contributed by atoms with van der Waals surface area (Å²) in [5, 5.41) is 10.5. The van der Waals surface area contributed by atoms with E-state index in [1.807, 2.05) is 30.3 Å². The first-order valence-corrected chi connectivity index (χ1v) is 8.62. The van der Waals surface area contributed by atoms with Crippen LogP contribution in [0, 0.1) is 0 Å². The maximum absolute atomic E-state index is 11.8. The van der Waals surface area contributed by atoms with Crippen molar-refractivity contribution >= 4 is 29.2 Å². The molecule has 1 aromatic carbocycles. The van der Waals surface area contributed by atoms with E-state index in [0.29, 0.717) is 5.02 Å². The highest BCUT2D eigenvalue weighted by molar-refractivity contribution is 6.30. The van der Waals surface area contributed by atoms with E-state index in [-0.39, 0.29) is 24.3 Å². The molecule has 1 aromatic heterocycles. The smallest absolute Gasteiger partial charge is 0.244 e. The van der Waals surface area contributed by atoms with Crippen molar-refractivity contribution in [2.75, 3.05) is 31.1 Å². The van der Waals surface area contributed by atoms with Crippen molar-refractivity contribution < 1.29 is 9.59 Å². The summed E-state index contributed by atoms with van der Waals surface area (Å²) in [6.45, 7) is 2.99. The lowest BCUT2D eigenvalue weighted by atomic mass is 10.1. The predicted octanol–water partition coefficient (Wildman–Crippen LogP) is 1.27. The number of nitrogens with zero attached hydrogens (tertiary/aromatic N) is 3. The van der Waals surface area contributed by atoms with Gasteiger partial charge in [0.25, 0.3) is 0 Å². The number of anilines is 1. The molecule has 0 spiro atoms. The number of aromatic amines is 1. The number of nitrogens with one attached hydrogen (secondary N) is 2. The number of amides is 2. The van der Waals surface area contributed by atoms with Gasteiger partial charge in [0.1, 0.15) is 0 Å². The summed E-state index contributed by atoms with van der Waals surface area (Å²) < 4.78 is 0. The van der Waals surface area contributed by atoms with Crippen molar-refractivity contribution in [1.82, 2.24) is 20.4 Å². The van der Waals surface area contributed by atoms with E-state index in [2.05, 4.69) is 25.3 Å². The van der Waals surface area contributed by atoms with E-state index in [9.17, 15) is 9.59 Å². The van der Waals surface area contributed by atoms with E-state index in [4.69, 9.17) is 11.6 Å². The lowest BCUT2D eigenvalue weighted by molar-refractivity contribution is -0.126. The Morgan fingerprint density at radius 1 is 1.08 bits per heavy atom. The minimum absolute atomic E-state index is 0.178. The number of carbonyl (C=O) groups excluding carboxylic acids is 2. The maximum Gasteiger partial charge on any atom is 0.244 e. The molecule has 0 saturated carbocycles. The number of H-pyrrole nitrogens is 1. The fraction of sp³-hybridized carbons (Fsp3) is 0.353. The molecule has 1 atom stereocenters. The highest BCUT2D eigenvalue weighted by Crippen LogP contribution is 2.24. The highest BCUT2D eigenvalue weighted by atomic mass is 35.5. The third kappa shape index (κ3) is 3.25. The van der Waals surface area contributed by atoms with E-state index in [0.717, 1.165) is 43.3 Å². The van der Waals surface area contributed by atoms with Crippen LogP contribution in [0.3, 0.4) is 0 Å². The zero-order chi connectivity index (χ0) is 17.4. The fourth-order valence-electron chi connectivity index (χ4n) is 3.35. The summed E-state index contributed by atoms with van der Waals surface area (Å²) in [6, 6.07) is 9.30. The maximum atomic E-state index is 11.8. The topological polar surface area (TPSA) is 81.3 Å². The van der Waals surface area contributed by atoms with E-state index >= 15 is 0 Å². The number of hydrogen-bond donors (Lipinski definition) is 2. The second kappa shape index (κ2) is 6.50. The predicted molar refractivity (Wildman–Crippen MR) is 94.4 cm³/mol. The first-order valence-electron chi connectivity index (χ1n) is 8.24. The van der Waals surface area contributed by atoms with Gasteiger partial charge >= 0.3 is 0 Å². The summed E-state index contributed by atoms with van der Waals surface area (Å²) in [5.41, 5.74) is 1.97. The minimum Gasteiger partial charge on any atom is -0.353 e. The van der Waals surface area contributed by atoms with Gasteiger partial charge in [0, 0.05) is 37.3 Å². The molecule has 3 heterocycles. The van der Waals surface area contributed by atoms with Crippen LogP contribution >= 0.6 is 11.6 Å². The summed E-state index contributed by atoms with van der Waals surface area (Å²) in [4.78, 5) is 27.4. The Balaban J connectivity index is 1.40. The van der Waals surface area contributed by atoms with Gasteiger partial charge in [0.15, 0.2) is 5.82 Å². The third-order valence-electron chi connectivity index (χ3n) is 4.74. The molecule has 7 nitrogen and oxygen atoms in total. The third-order valence-corrected chi connectivity index (χ3v) is 4.99. The molecule has 8 heteroatoms. The Morgan fingerprint density at radius 3 is 2.44 bits per heavy atom. The molecule has 2 aromatic rings. The molecule has 2 aliphatic heterocycles. The van der Waals surface area contributed by atoms with Crippen LogP contribution in [0.4, 0.5) is 5.82 Å². The molecule has 25 heavy (non-hydrogen) atoms. The normalized spacial score (nSPS) is 21.6. The molecular formula is C17H18ClN5O2. The van der Waals surface area contributed by atoms with Gasteiger partial charge in [-0.25, -0.2) is 0 Å². The molecule has 2 aliphatic rings. The molecule has 2 saturated heterocycles. The van der Waals surface area contributed by atoms with Crippen LogP contribution in [0.25, 0.3) is 11.3 Å². The van der Waals surface area contributed by atoms with Gasteiger partial charge in [0.2, 0.25) is 11.8 Å². The average Bonchev–Trinajstić information content (AvgIpc) is 3.22. The molecule has 2 fully saturated rings. The standard InChI is InChI=1S/C17H18ClN5O2/c18-12-3-1-11(2-4-12)13-9-15(21-20-13)23-7-5-22(6-8-23)14-10-16(24)19-17(14)25/h1-4,9,14H,5-8,10H2,(H,20,21)(H,19,24,25). The summed E-state index contributed by atoms with van der Waals surface area (Å²) in [6.07, 6.45) is 0.266. The van der Waals surface area contributed by atoms with Crippen LogP contribution < -0.4 is 10.2 Å². The van der Waals surface area contributed by atoms with Gasteiger partial charge in [-0.15, -0.1) is 0 Å². The van der Waals surface area contributed by atoms with E-state index < -0.39 is 0 Å². The van der Waals surface area contributed by atoms with Crippen LogP contribution in [0.1, 0.15) is 6.42 Å². The van der Waals surface area contributed by atoms with Gasteiger partial charge in [-0.2, -0.15) is 5.10 Å². The number of imide groups is 1. The summed E-state index contributed by atoms with van der Waals surface area (Å²) in [7, 11) is 0. The van der Waals surface area contributed by atoms with Crippen molar-refractivity contribution in [2.24, 2.45) is 0 Å². The van der Waals surface area contributed by atoms with Gasteiger partial charge in [-0.05, 0) is 17.7 Å². The lowest BCUT2D eigenvalue weighted by Gasteiger charge is -2.36. The van der Waals surface area contributed by atoms with Crippen molar-refractivity contribution in [1.29, 1.82) is 0 Å². The Bertz CT molecular complexity index is 796. The number of halogens is 1. The molecule has 2 amide bonds. The molecule has 0 radical (unpaired) electrons. The van der Waals surface area contributed by atoms with Gasteiger partial charge in [-0.1, -0.05) is 23.7 Å². The van der Waals surface area contributed by atoms with Crippen molar-refractivity contribution in [3.8, 4) is 11.3 Å². The molecule has 4 rings (SSSR count). The fourth-order valence-corrected chi connectivity index (χ4v) is 3.47. The number of hydrogen-bond acceptors (Lipinski definition) is 5. The molecule has 1 unspecified atom stereocenters. The summed E-state index contributed by atoms with van der Waals surface area (Å²) >= 11 is 5.92. The van der Waals surface area contributed by atoms with Crippen molar-refractivity contribution in [2.45, 2.75) is 12.5 Å². The highest BCUT2D eigenvalue weighted by Gasteiger charge is 2.36. The van der Waals surface area contributed by atoms with E-state index in [1.54, 1.807) is 0 Å². The number of aromatic nitrogens is 2. The van der Waals surface area contributed by atoms with Crippen LogP contribution in [-0.2, 0) is 9.59 Å². The summed E-state index contributed by atoms with van der Waals surface area (Å²) in [5.74, 6) is 0.525. The first kappa shape index (κ1) is 16.1. The van der Waals surface area contributed by atoms with Crippen LogP contribution in [-0.4, -0.2) is 59.1 Å². The minimum atomic E-state index is -0.321. The van der Waals surface area contributed by atoms with Gasteiger partial charge < -0.3 is 4.90 Å². The van der Waals surface area contributed by atoms with Crippen molar-refractivity contribution in [3.05, 3.63) is 35.4 Å². The molecule has 2 N–H and O–H groups in total. The molecule has 0 aliphatic carbocycles. The van der Waals surface area contributed by atoms with Gasteiger partial charge in [0.05, 0.1) is 18.2 Å². The van der Waals surface area contributed by atoms with Crippen LogP contribution in [0.5, 0.6) is 0 Å². The molecule has 0 bridgehead atoms. The van der Waals surface area contributed by atoms with Gasteiger partial charge in [-0.3, -0.25) is 24.9 Å². The average molecular weight is 360 g/mol. The quantitative estimate of drug-likeness (QED) is 0.806. The Kier molecular flexibility index (Phi) is 4.19. The molecular weight excluding hydrogens is 342 g/mol. The number of carbonyl (C=O) groups is 2. The monoisotopic (exact) mass is 359 g/mol. The SMILES string of the molecule is O=C1CC(N2CCN(c3cc(-c4ccc(Cl)cc4)[nH]n3)CC2)C(=O)N1. The van der Waals surface area contributed by atoms with Crippen LogP contribution in [0.2, 0.25) is 5.02 Å². The van der Waals surface area contributed by atoms with E-state index in [1.165, 1.54) is 0 Å². The Morgan fingerprint density at radius 2 is 1.80 bits per heavy atom. The number of rotatable bonds is 3. The second-order valence-corrected chi connectivity index (χ2v) is 6.74. The lowest BCUT2D eigenvalue weighted by Crippen LogP contribution is -2.52.